The molecule has 0 unspecified atom stereocenters. The first-order chi connectivity index (χ1) is 18.4. The number of aliphatic hydroxyl groups is 5. The topological polar surface area (TPSA) is 204 Å². The van der Waals surface area contributed by atoms with Crippen molar-refractivity contribution >= 4 is 40.0 Å². The fourth-order valence-electron chi connectivity index (χ4n) is 4.03. The summed E-state index contributed by atoms with van der Waals surface area (Å²) in [6.45, 7) is -1.02. The number of carbonyl (C=O) groups excluding carboxylic acids is 1. The molecule has 0 saturated heterocycles. The molecule has 14 nitrogen and oxygen atoms in total. The molecule has 3 heterocycles. The van der Waals surface area contributed by atoms with E-state index in [4.69, 9.17) is 10.2 Å². The van der Waals surface area contributed by atoms with Crippen LogP contribution in [0.3, 0.4) is 0 Å². The number of benzene rings is 2. The molecule has 6 N–H and O–H groups in total. The van der Waals surface area contributed by atoms with Gasteiger partial charge in [-0.2, -0.15) is 19.7 Å². The summed E-state index contributed by atoms with van der Waals surface area (Å²) in [4.78, 5) is 17.3. The maximum absolute atomic E-state index is 12.7. The van der Waals surface area contributed by atoms with Crippen LogP contribution in [0, 0.1) is 0 Å². The zero-order valence-electron chi connectivity index (χ0n) is 19.8. The molecule has 4 atom stereocenters. The number of fused-ring (bicyclic) bond motifs is 4. The van der Waals surface area contributed by atoms with Gasteiger partial charge in [-0.15, -0.1) is 10.2 Å². The zero-order valence-corrected chi connectivity index (χ0v) is 19.8. The minimum absolute atomic E-state index is 0.212. The molecule has 5 aromatic rings. The minimum atomic E-state index is -1.84. The van der Waals surface area contributed by atoms with E-state index < -0.39 is 36.9 Å². The third kappa shape index (κ3) is 4.69. The molecule has 0 bridgehead atoms. The number of aliphatic hydroxyl groups excluding tert-OH is 5. The van der Waals surface area contributed by atoms with E-state index >= 15 is 0 Å². The van der Waals surface area contributed by atoms with Crippen LogP contribution in [-0.2, 0) is 11.3 Å². The van der Waals surface area contributed by atoms with Gasteiger partial charge in [-0.1, -0.05) is 48.5 Å². The first-order valence-corrected chi connectivity index (χ1v) is 11.6. The summed E-state index contributed by atoms with van der Waals surface area (Å²) in [5.41, 5.74) is 4.70. The van der Waals surface area contributed by atoms with Gasteiger partial charge in [-0.25, -0.2) is 5.43 Å². The first kappa shape index (κ1) is 25.3. The Hall–Kier alpha value is -4.34. The van der Waals surface area contributed by atoms with Crippen molar-refractivity contribution in [3.63, 3.8) is 0 Å². The van der Waals surface area contributed by atoms with Crippen LogP contribution in [0.15, 0.2) is 59.7 Å². The lowest BCUT2D eigenvalue weighted by molar-refractivity contribution is -0.121. The van der Waals surface area contributed by atoms with Gasteiger partial charge < -0.3 is 30.1 Å². The molecule has 1 amide bonds. The number of para-hydroxylation sites is 1. The van der Waals surface area contributed by atoms with Crippen molar-refractivity contribution in [2.24, 2.45) is 5.10 Å². The monoisotopic (exact) mass is 520 g/mol. The van der Waals surface area contributed by atoms with Gasteiger partial charge in [0.05, 0.1) is 18.3 Å². The van der Waals surface area contributed by atoms with Crippen molar-refractivity contribution in [1.82, 2.24) is 34.8 Å². The van der Waals surface area contributed by atoms with E-state index in [0.717, 1.165) is 17.2 Å². The number of hydrogen-bond donors (Lipinski definition) is 6. The molecule has 3 aromatic heterocycles. The summed E-state index contributed by atoms with van der Waals surface area (Å²) in [6, 6.07) is 16.8. The number of hydrazone groups is 1. The van der Waals surface area contributed by atoms with Crippen LogP contribution < -0.4 is 5.43 Å². The molecule has 0 aliphatic rings. The Kier molecular flexibility index (Phi) is 7.04. The van der Waals surface area contributed by atoms with E-state index in [9.17, 15) is 25.2 Å². The van der Waals surface area contributed by atoms with Crippen molar-refractivity contribution in [2.45, 2.75) is 31.0 Å². The van der Waals surface area contributed by atoms with Crippen LogP contribution >= 0.6 is 0 Å². The minimum Gasteiger partial charge on any atom is -0.394 e. The lowest BCUT2D eigenvalue weighted by Crippen LogP contribution is -2.46. The quantitative estimate of drug-likeness (QED) is 0.102. The molecule has 0 fully saturated rings. The Bertz CT molecular complexity index is 1620. The van der Waals surface area contributed by atoms with E-state index in [0.29, 0.717) is 22.5 Å². The van der Waals surface area contributed by atoms with E-state index in [1.54, 1.807) is 9.08 Å². The maximum atomic E-state index is 12.7. The van der Waals surface area contributed by atoms with Gasteiger partial charge in [0.15, 0.2) is 11.5 Å². The van der Waals surface area contributed by atoms with Crippen molar-refractivity contribution < 1.29 is 30.3 Å². The number of aromatic nitrogens is 6. The van der Waals surface area contributed by atoms with E-state index in [2.05, 4.69) is 25.7 Å². The first-order valence-electron chi connectivity index (χ1n) is 11.6. The number of amides is 1. The van der Waals surface area contributed by atoms with Gasteiger partial charge in [0.25, 0.3) is 11.7 Å². The van der Waals surface area contributed by atoms with Crippen molar-refractivity contribution in [2.75, 3.05) is 6.61 Å². The fraction of sp³-hybridized carbons (Fsp3) is 0.250. The van der Waals surface area contributed by atoms with Crippen LogP contribution in [0.25, 0.3) is 39.2 Å². The molecule has 0 radical (unpaired) electrons. The molecule has 0 aliphatic carbocycles. The van der Waals surface area contributed by atoms with Crippen LogP contribution in [0.5, 0.6) is 0 Å². The smallest absolute Gasteiger partial charge is 0.274 e. The van der Waals surface area contributed by atoms with Gasteiger partial charge in [-0.05, 0) is 6.07 Å². The summed E-state index contributed by atoms with van der Waals surface area (Å²) in [5, 5.41) is 65.2. The van der Waals surface area contributed by atoms with Crippen molar-refractivity contribution in [1.29, 1.82) is 0 Å². The third-order valence-corrected chi connectivity index (χ3v) is 5.98. The lowest BCUT2D eigenvalue weighted by atomic mass is 10.0. The van der Waals surface area contributed by atoms with Gasteiger partial charge in [0.1, 0.15) is 36.5 Å². The summed E-state index contributed by atoms with van der Waals surface area (Å²) in [5.74, 6) is 0.200. The Morgan fingerprint density at radius 3 is 2.50 bits per heavy atom. The predicted octanol–water partition coefficient (Wildman–Crippen LogP) is -1.17. The van der Waals surface area contributed by atoms with Crippen LogP contribution in [0.1, 0.15) is 0 Å². The van der Waals surface area contributed by atoms with Crippen LogP contribution in [-0.4, -0.2) is 98.0 Å². The highest BCUT2D eigenvalue weighted by Crippen LogP contribution is 2.27. The summed E-state index contributed by atoms with van der Waals surface area (Å²) in [6.07, 6.45) is -6.22. The highest BCUT2D eigenvalue weighted by Gasteiger charge is 2.29. The number of carbonyl (C=O) groups is 1. The average molecular weight is 521 g/mol. The Labute approximate surface area is 214 Å². The zero-order chi connectivity index (χ0) is 26.8. The summed E-state index contributed by atoms with van der Waals surface area (Å²) >= 11 is 0. The Morgan fingerprint density at radius 1 is 1.00 bits per heavy atom. The molecule has 14 heteroatoms. The standard InChI is InChI=1S/C24H24N8O6/c33-12-17(35)21(38)20(37)16(34)10-25-27-18(36)11-31-15-9-5-4-8-14(15)19-23(31)26-24-29-28-22(32(24)30-19)13-6-2-1-3-7-13/h1-10,16-17,20-21,33-35,37-38H,11-12H2,(H,27,36)/b25-10+/t16-,17+,20+,21-/m0/s1. The highest BCUT2D eigenvalue weighted by atomic mass is 16.4. The van der Waals surface area contributed by atoms with E-state index in [-0.39, 0.29) is 12.3 Å². The van der Waals surface area contributed by atoms with Gasteiger partial charge in [-0.3, -0.25) is 4.79 Å². The van der Waals surface area contributed by atoms with Gasteiger partial charge in [0.2, 0.25) is 0 Å². The average Bonchev–Trinajstić information content (AvgIpc) is 3.49. The third-order valence-electron chi connectivity index (χ3n) is 5.98. The van der Waals surface area contributed by atoms with Gasteiger partial charge >= 0.3 is 0 Å². The van der Waals surface area contributed by atoms with Gasteiger partial charge in [0, 0.05) is 10.9 Å². The molecule has 196 valence electrons. The molecular formula is C24H24N8O6. The SMILES string of the molecule is O=C(Cn1c2ccccc2c2nn3c(-c4ccccc4)nnc3nc21)N/N=C/[C@H](O)[C@@H](O)[C@@H](O)[C@H](O)CO. The van der Waals surface area contributed by atoms with E-state index in [1.165, 1.54) is 0 Å². The number of hydrogen-bond acceptors (Lipinski definition) is 11. The lowest BCUT2D eigenvalue weighted by Gasteiger charge is -2.23. The van der Waals surface area contributed by atoms with Crippen molar-refractivity contribution in [3.8, 4) is 11.4 Å². The molecule has 2 aromatic carbocycles. The molecule has 38 heavy (non-hydrogen) atoms. The summed E-state index contributed by atoms with van der Waals surface area (Å²) < 4.78 is 3.19. The summed E-state index contributed by atoms with van der Waals surface area (Å²) in [7, 11) is 0. The second-order valence-corrected chi connectivity index (χ2v) is 8.52. The van der Waals surface area contributed by atoms with Crippen LogP contribution in [0.4, 0.5) is 0 Å². The molecule has 0 saturated carbocycles. The van der Waals surface area contributed by atoms with Crippen LogP contribution in [0.2, 0.25) is 0 Å². The Balaban J connectivity index is 1.42. The molecular weight excluding hydrogens is 496 g/mol. The second-order valence-electron chi connectivity index (χ2n) is 8.52. The Morgan fingerprint density at radius 2 is 1.74 bits per heavy atom. The number of nitrogens with zero attached hydrogens (tertiary/aromatic N) is 7. The molecule has 0 spiro atoms. The normalized spacial score (nSPS) is 15.3. The van der Waals surface area contributed by atoms with E-state index in [1.807, 2.05) is 54.6 Å². The predicted molar refractivity (Wildman–Crippen MR) is 135 cm³/mol. The number of nitrogens with one attached hydrogen (secondary N) is 1. The highest BCUT2D eigenvalue weighted by molar-refractivity contribution is 6.05. The maximum Gasteiger partial charge on any atom is 0.274 e. The molecule has 0 aliphatic heterocycles. The number of rotatable bonds is 9. The molecule has 5 rings (SSSR count). The second kappa shape index (κ2) is 10.6. The fourth-order valence-corrected chi connectivity index (χ4v) is 4.03. The van der Waals surface area contributed by atoms with Crippen molar-refractivity contribution in [3.05, 3.63) is 54.6 Å². The largest absolute Gasteiger partial charge is 0.394 e.